The number of rotatable bonds is 5. The van der Waals surface area contributed by atoms with Crippen molar-refractivity contribution in [2.45, 2.75) is 48.3 Å². The summed E-state index contributed by atoms with van der Waals surface area (Å²) in [5, 5.41) is 3.01. The first-order valence-electron chi connectivity index (χ1n) is 8.93. The fourth-order valence-electron chi connectivity index (χ4n) is 3.66. The van der Waals surface area contributed by atoms with Crippen molar-refractivity contribution in [3.8, 4) is 0 Å². The van der Waals surface area contributed by atoms with E-state index in [4.69, 9.17) is 11.6 Å². The predicted octanol–water partition coefficient (Wildman–Crippen LogP) is 4.58. The smallest absolute Gasteiger partial charge is 0.242 e. The molecule has 0 spiro atoms. The van der Waals surface area contributed by atoms with E-state index in [0.717, 1.165) is 12.1 Å². The molecule has 3 rings (SSSR count). The molecular weight excluding hydrogens is 408 g/mol. The molecule has 0 heterocycles. The highest BCUT2D eigenvalue weighted by molar-refractivity contribution is 7.93. The van der Waals surface area contributed by atoms with E-state index in [1.54, 1.807) is 0 Å². The molecule has 0 saturated heterocycles. The number of nitrogens with one attached hydrogen (secondary N) is 1. The number of halogens is 3. The standard InChI is InChI=1S/C20H20ClF2NO3S/c1-13(17-9-6-15(22)12-18(17)23)24-19(25)20(10-2-3-11-20)28(26,27)16-7-4-14(21)5-8-16/h4-9,12-13H,2-3,10-11H2,1H3,(H,24,25). The van der Waals surface area contributed by atoms with E-state index in [1.807, 2.05) is 0 Å². The topological polar surface area (TPSA) is 63.2 Å². The first kappa shape index (κ1) is 20.7. The molecule has 0 radical (unpaired) electrons. The molecule has 1 aliphatic carbocycles. The van der Waals surface area contributed by atoms with Crippen molar-refractivity contribution in [1.29, 1.82) is 0 Å². The highest BCUT2D eigenvalue weighted by Crippen LogP contribution is 2.41. The molecular formula is C20H20ClF2NO3S. The largest absolute Gasteiger partial charge is 0.348 e. The molecule has 1 unspecified atom stereocenters. The molecule has 28 heavy (non-hydrogen) atoms. The Morgan fingerprint density at radius 1 is 1.11 bits per heavy atom. The van der Waals surface area contributed by atoms with Gasteiger partial charge in [-0.05, 0) is 50.1 Å². The van der Waals surface area contributed by atoms with Crippen molar-refractivity contribution < 1.29 is 22.0 Å². The Balaban J connectivity index is 1.93. The van der Waals surface area contributed by atoms with Crippen LogP contribution < -0.4 is 5.32 Å². The van der Waals surface area contributed by atoms with E-state index < -0.39 is 38.2 Å². The first-order valence-corrected chi connectivity index (χ1v) is 10.8. The summed E-state index contributed by atoms with van der Waals surface area (Å²) in [4.78, 5) is 13.1. The summed E-state index contributed by atoms with van der Waals surface area (Å²) in [6, 6.07) is 7.94. The lowest BCUT2D eigenvalue weighted by Crippen LogP contribution is -2.51. The zero-order valence-electron chi connectivity index (χ0n) is 15.2. The van der Waals surface area contributed by atoms with Gasteiger partial charge in [-0.1, -0.05) is 30.5 Å². The van der Waals surface area contributed by atoms with Crippen molar-refractivity contribution >= 4 is 27.3 Å². The Kier molecular flexibility index (Phi) is 5.77. The molecule has 4 nitrogen and oxygen atoms in total. The second-order valence-electron chi connectivity index (χ2n) is 7.02. The second kappa shape index (κ2) is 7.79. The molecule has 1 aliphatic rings. The van der Waals surface area contributed by atoms with E-state index in [1.165, 1.54) is 37.3 Å². The maximum absolute atomic E-state index is 14.0. The third kappa shape index (κ3) is 3.65. The van der Waals surface area contributed by atoms with Gasteiger partial charge in [0.25, 0.3) is 0 Å². The monoisotopic (exact) mass is 427 g/mol. The highest BCUT2D eigenvalue weighted by Gasteiger charge is 2.53. The summed E-state index contributed by atoms with van der Waals surface area (Å²) < 4.78 is 52.2. The van der Waals surface area contributed by atoms with Crippen molar-refractivity contribution in [2.75, 3.05) is 0 Å². The fourth-order valence-corrected chi connectivity index (χ4v) is 5.86. The zero-order chi connectivity index (χ0) is 20.5. The van der Waals surface area contributed by atoms with Gasteiger partial charge in [-0.2, -0.15) is 0 Å². The Bertz CT molecular complexity index is 987. The van der Waals surface area contributed by atoms with Crippen molar-refractivity contribution in [3.63, 3.8) is 0 Å². The maximum Gasteiger partial charge on any atom is 0.242 e. The van der Waals surface area contributed by atoms with Gasteiger partial charge in [-0.25, -0.2) is 17.2 Å². The number of hydrogen-bond acceptors (Lipinski definition) is 3. The van der Waals surface area contributed by atoms with Crippen LogP contribution in [0.4, 0.5) is 8.78 Å². The SMILES string of the molecule is CC(NC(=O)C1(S(=O)(=O)c2ccc(Cl)cc2)CCCC1)c1ccc(F)cc1F. The minimum atomic E-state index is -3.99. The first-order chi connectivity index (χ1) is 13.2. The van der Waals surface area contributed by atoms with Crippen LogP contribution in [0.3, 0.4) is 0 Å². The Hall–Kier alpha value is -1.99. The molecule has 8 heteroatoms. The number of carbonyl (C=O) groups excluding carboxylic acids is 1. The van der Waals surface area contributed by atoms with Gasteiger partial charge in [0.15, 0.2) is 14.6 Å². The minimum absolute atomic E-state index is 0.0227. The lowest BCUT2D eigenvalue weighted by atomic mass is 10.0. The van der Waals surface area contributed by atoms with Crippen LogP contribution in [0.1, 0.15) is 44.2 Å². The van der Waals surface area contributed by atoms with Crippen molar-refractivity contribution in [1.82, 2.24) is 5.32 Å². The van der Waals surface area contributed by atoms with Crippen molar-refractivity contribution in [2.24, 2.45) is 0 Å². The molecule has 0 aromatic heterocycles. The van der Waals surface area contributed by atoms with E-state index in [9.17, 15) is 22.0 Å². The molecule has 2 aromatic carbocycles. The molecule has 2 aromatic rings. The molecule has 1 N–H and O–H groups in total. The maximum atomic E-state index is 14.0. The quantitative estimate of drug-likeness (QED) is 0.759. The van der Waals surface area contributed by atoms with Gasteiger partial charge in [0.1, 0.15) is 11.6 Å². The molecule has 0 bridgehead atoms. The fraction of sp³-hybridized carbons (Fsp3) is 0.350. The van der Waals surface area contributed by atoms with E-state index in [0.29, 0.717) is 17.9 Å². The molecule has 1 fully saturated rings. The van der Waals surface area contributed by atoms with Crippen molar-refractivity contribution in [3.05, 3.63) is 64.7 Å². The molecule has 1 atom stereocenters. The minimum Gasteiger partial charge on any atom is -0.348 e. The third-order valence-corrected chi connectivity index (χ3v) is 8.01. The van der Waals surface area contributed by atoms with Crippen LogP contribution in [0.15, 0.2) is 47.4 Å². The van der Waals surface area contributed by atoms with Crippen LogP contribution in [-0.4, -0.2) is 19.1 Å². The second-order valence-corrected chi connectivity index (χ2v) is 9.72. The normalized spacial score (nSPS) is 17.3. The van der Waals surface area contributed by atoms with Crippen LogP contribution in [0.2, 0.25) is 5.02 Å². The Morgan fingerprint density at radius 2 is 1.71 bits per heavy atom. The highest BCUT2D eigenvalue weighted by atomic mass is 35.5. The molecule has 150 valence electrons. The average molecular weight is 428 g/mol. The summed E-state index contributed by atoms with van der Waals surface area (Å²) in [5.41, 5.74) is 0.0896. The predicted molar refractivity (Wildman–Crippen MR) is 103 cm³/mol. The van der Waals surface area contributed by atoms with Crippen LogP contribution in [0.5, 0.6) is 0 Å². The molecule has 1 amide bonds. The van der Waals surface area contributed by atoms with E-state index >= 15 is 0 Å². The molecule has 1 saturated carbocycles. The number of amides is 1. The summed E-state index contributed by atoms with van der Waals surface area (Å²) in [6.07, 6.45) is 1.56. The van der Waals surface area contributed by atoms with Gasteiger partial charge in [-0.3, -0.25) is 4.79 Å². The Labute approximate surface area is 167 Å². The summed E-state index contributed by atoms with van der Waals surface area (Å²) in [5.74, 6) is -2.19. The van der Waals surface area contributed by atoms with Crippen LogP contribution in [0.25, 0.3) is 0 Å². The van der Waals surface area contributed by atoms with Gasteiger partial charge in [0.2, 0.25) is 5.91 Å². The van der Waals surface area contributed by atoms with Gasteiger partial charge in [-0.15, -0.1) is 0 Å². The van der Waals surface area contributed by atoms with Gasteiger partial charge in [0.05, 0.1) is 10.9 Å². The average Bonchev–Trinajstić information content (AvgIpc) is 3.13. The lowest BCUT2D eigenvalue weighted by Gasteiger charge is -2.29. The van der Waals surface area contributed by atoms with Gasteiger partial charge >= 0.3 is 0 Å². The number of benzene rings is 2. The summed E-state index contributed by atoms with van der Waals surface area (Å²) in [7, 11) is -3.99. The lowest BCUT2D eigenvalue weighted by molar-refractivity contribution is -0.124. The van der Waals surface area contributed by atoms with Crippen LogP contribution >= 0.6 is 11.6 Å². The van der Waals surface area contributed by atoms with Gasteiger partial charge in [0, 0.05) is 16.7 Å². The van der Waals surface area contributed by atoms with Crippen LogP contribution in [0, 0.1) is 11.6 Å². The van der Waals surface area contributed by atoms with E-state index in [2.05, 4.69) is 5.32 Å². The summed E-state index contributed by atoms with van der Waals surface area (Å²) >= 11 is 5.84. The third-order valence-electron chi connectivity index (χ3n) is 5.24. The molecule has 0 aliphatic heterocycles. The van der Waals surface area contributed by atoms with Gasteiger partial charge < -0.3 is 5.32 Å². The zero-order valence-corrected chi connectivity index (χ0v) is 16.8. The number of carbonyl (C=O) groups is 1. The van der Waals surface area contributed by atoms with E-state index in [-0.39, 0.29) is 23.3 Å². The van der Waals surface area contributed by atoms with Crippen LogP contribution in [-0.2, 0) is 14.6 Å². The number of hydrogen-bond donors (Lipinski definition) is 1. The summed E-state index contributed by atoms with van der Waals surface area (Å²) in [6.45, 7) is 1.53. The Morgan fingerprint density at radius 3 is 2.29 bits per heavy atom. The number of sulfone groups is 1.